The van der Waals surface area contributed by atoms with Gasteiger partial charge >= 0.3 is 0 Å². The lowest BCUT2D eigenvalue weighted by Crippen LogP contribution is -2.47. The van der Waals surface area contributed by atoms with E-state index in [1.807, 2.05) is 24.3 Å². The molecule has 2 bridgehead atoms. The first kappa shape index (κ1) is 18.9. The van der Waals surface area contributed by atoms with E-state index in [2.05, 4.69) is 9.88 Å². The molecule has 2 aliphatic rings. The van der Waals surface area contributed by atoms with Gasteiger partial charge in [0.15, 0.2) is 0 Å². The van der Waals surface area contributed by atoms with E-state index in [-0.39, 0.29) is 17.9 Å². The Bertz CT molecular complexity index is 1160. The van der Waals surface area contributed by atoms with Crippen LogP contribution in [0.3, 0.4) is 0 Å². The first-order chi connectivity index (χ1) is 13.8. The summed E-state index contributed by atoms with van der Waals surface area (Å²) in [5, 5.41) is 0.482. The zero-order chi connectivity index (χ0) is 20.2. The van der Waals surface area contributed by atoms with Crippen molar-refractivity contribution >= 4 is 31.6 Å². The van der Waals surface area contributed by atoms with Crippen molar-refractivity contribution in [3.63, 3.8) is 0 Å². The normalized spacial score (nSPS) is 22.6. The number of fused-ring (bicyclic) bond motifs is 3. The molecule has 3 heterocycles. The highest BCUT2D eigenvalue weighted by Gasteiger charge is 2.46. The molecule has 0 N–H and O–H groups in total. The van der Waals surface area contributed by atoms with Gasteiger partial charge in [0.25, 0.3) is 5.19 Å². The molecule has 0 saturated carbocycles. The van der Waals surface area contributed by atoms with Crippen molar-refractivity contribution < 1.29 is 17.5 Å². The second kappa shape index (κ2) is 7.02. The zero-order valence-electron chi connectivity index (χ0n) is 15.8. The largest absolute Gasteiger partial charge is 0.431 e. The van der Waals surface area contributed by atoms with Crippen LogP contribution in [0.4, 0.5) is 4.39 Å². The molecule has 9 heteroatoms. The Morgan fingerprint density at radius 3 is 2.66 bits per heavy atom. The Hall–Kier alpha value is -2.07. The summed E-state index contributed by atoms with van der Waals surface area (Å²) in [6, 6.07) is 12.7. The summed E-state index contributed by atoms with van der Waals surface area (Å²) >= 11 is 1.31. The topological polar surface area (TPSA) is 62.7 Å². The zero-order valence-corrected chi connectivity index (χ0v) is 17.4. The molecule has 3 aromatic rings. The van der Waals surface area contributed by atoms with E-state index in [0.717, 1.165) is 35.3 Å². The number of piperazine rings is 1. The van der Waals surface area contributed by atoms with Gasteiger partial charge in [-0.05, 0) is 42.3 Å². The van der Waals surface area contributed by atoms with Gasteiger partial charge in [-0.2, -0.15) is 4.31 Å². The van der Waals surface area contributed by atoms with Gasteiger partial charge in [0.2, 0.25) is 10.0 Å². The molecule has 5 rings (SSSR count). The second-order valence-corrected chi connectivity index (χ2v) is 10.6. The van der Waals surface area contributed by atoms with E-state index in [9.17, 15) is 12.8 Å². The molecule has 1 aromatic heterocycles. The lowest BCUT2D eigenvalue weighted by atomic mass is 10.2. The van der Waals surface area contributed by atoms with E-state index < -0.39 is 10.0 Å². The van der Waals surface area contributed by atoms with Gasteiger partial charge < -0.3 is 4.74 Å². The van der Waals surface area contributed by atoms with Gasteiger partial charge in [-0.1, -0.05) is 23.5 Å². The number of ether oxygens (including phenoxy) is 1. The van der Waals surface area contributed by atoms with Crippen molar-refractivity contribution in [1.29, 1.82) is 0 Å². The van der Waals surface area contributed by atoms with Crippen molar-refractivity contribution in [2.24, 2.45) is 0 Å². The number of halogens is 1. The number of rotatable bonds is 5. The maximum Gasteiger partial charge on any atom is 0.279 e. The third-order valence-corrected chi connectivity index (χ3v) is 7.77. The summed E-state index contributed by atoms with van der Waals surface area (Å²) in [5.74, 6) is 0.395. The molecule has 2 saturated heterocycles. The Morgan fingerprint density at radius 2 is 1.97 bits per heavy atom. The maximum absolute atomic E-state index is 13.3. The van der Waals surface area contributed by atoms with E-state index in [4.69, 9.17) is 4.74 Å². The quantitative estimate of drug-likeness (QED) is 0.617. The number of hydrogen-bond acceptors (Lipinski definition) is 6. The molecule has 2 atom stereocenters. The predicted molar refractivity (Wildman–Crippen MR) is 110 cm³/mol. The molecule has 29 heavy (non-hydrogen) atoms. The van der Waals surface area contributed by atoms with Gasteiger partial charge in [0.05, 0.1) is 16.5 Å². The van der Waals surface area contributed by atoms with Crippen LogP contribution >= 0.6 is 11.3 Å². The van der Waals surface area contributed by atoms with E-state index >= 15 is 0 Å². The molecule has 0 unspecified atom stereocenters. The minimum absolute atomic E-state index is 0.0986. The number of sulfonamides is 1. The molecule has 2 aliphatic heterocycles. The molecule has 6 nitrogen and oxygen atoms in total. The van der Waals surface area contributed by atoms with Gasteiger partial charge in [0, 0.05) is 31.7 Å². The fourth-order valence-corrected chi connectivity index (χ4v) is 6.23. The smallest absolute Gasteiger partial charge is 0.279 e. The van der Waals surface area contributed by atoms with Crippen LogP contribution in [-0.2, 0) is 16.6 Å². The van der Waals surface area contributed by atoms with Crippen LogP contribution in [0.5, 0.6) is 10.9 Å². The monoisotopic (exact) mass is 433 g/mol. The number of aromatic nitrogens is 1. The van der Waals surface area contributed by atoms with Gasteiger partial charge in [0.1, 0.15) is 11.6 Å². The fraction of sp³-hybridized carbons (Fsp3) is 0.350. The standard InChI is InChI=1S/C20H20FN3O3S2/c1-29(25,26)24-12-15-9-16(24)11-23(15)10-13-2-5-17(6-3-13)27-20-22-18-7-4-14(21)8-19(18)28-20/h2-8,15-16H,9-12H2,1H3/t15-,16-/m1/s1. The van der Waals surface area contributed by atoms with Crippen LogP contribution in [0.2, 0.25) is 0 Å². The number of thiazole rings is 1. The Labute approximate surface area is 172 Å². The van der Waals surface area contributed by atoms with Gasteiger partial charge in [-0.15, -0.1) is 0 Å². The highest BCUT2D eigenvalue weighted by molar-refractivity contribution is 7.88. The van der Waals surface area contributed by atoms with E-state index in [0.29, 0.717) is 17.5 Å². The number of hydrogen-bond donors (Lipinski definition) is 0. The lowest BCUT2D eigenvalue weighted by molar-refractivity contribution is 0.175. The molecule has 2 aromatic carbocycles. The summed E-state index contributed by atoms with van der Waals surface area (Å²) < 4.78 is 45.2. The highest BCUT2D eigenvalue weighted by atomic mass is 32.2. The molecular weight excluding hydrogens is 413 g/mol. The molecule has 0 amide bonds. The molecule has 0 spiro atoms. The summed E-state index contributed by atoms with van der Waals surface area (Å²) in [7, 11) is -3.11. The number of likely N-dealkylation sites (tertiary alicyclic amines) is 1. The van der Waals surface area contributed by atoms with Crippen LogP contribution < -0.4 is 4.74 Å². The van der Waals surface area contributed by atoms with E-state index in [1.54, 1.807) is 10.4 Å². The first-order valence-corrected chi connectivity index (χ1v) is 12.1. The Kier molecular flexibility index (Phi) is 4.58. The van der Waals surface area contributed by atoms with Crippen LogP contribution in [0, 0.1) is 5.82 Å². The summed E-state index contributed by atoms with van der Waals surface area (Å²) in [4.78, 5) is 6.73. The minimum Gasteiger partial charge on any atom is -0.431 e. The van der Waals surface area contributed by atoms with Crippen molar-refractivity contribution in [2.75, 3.05) is 19.3 Å². The number of nitrogens with zero attached hydrogens (tertiary/aromatic N) is 3. The average molecular weight is 434 g/mol. The summed E-state index contributed by atoms with van der Waals surface area (Å²) in [5.41, 5.74) is 1.87. The Balaban J connectivity index is 1.23. The number of benzene rings is 2. The van der Waals surface area contributed by atoms with Crippen LogP contribution in [-0.4, -0.2) is 54.0 Å². The van der Waals surface area contributed by atoms with Crippen molar-refractivity contribution in [3.05, 3.63) is 53.8 Å². The third kappa shape index (κ3) is 3.75. The first-order valence-electron chi connectivity index (χ1n) is 9.39. The van der Waals surface area contributed by atoms with E-state index in [1.165, 1.54) is 29.7 Å². The molecule has 0 aliphatic carbocycles. The molecule has 152 valence electrons. The second-order valence-electron chi connectivity index (χ2n) is 7.64. The summed E-state index contributed by atoms with van der Waals surface area (Å²) in [6.45, 7) is 2.15. The third-order valence-electron chi connectivity index (χ3n) is 5.57. The highest BCUT2D eigenvalue weighted by Crippen LogP contribution is 2.34. The fourth-order valence-electron chi connectivity index (χ4n) is 4.23. The predicted octanol–water partition coefficient (Wildman–Crippen LogP) is 3.45. The maximum atomic E-state index is 13.3. The lowest BCUT2D eigenvalue weighted by Gasteiger charge is -2.32. The molecule has 2 fully saturated rings. The van der Waals surface area contributed by atoms with Crippen LogP contribution in [0.25, 0.3) is 10.2 Å². The summed E-state index contributed by atoms with van der Waals surface area (Å²) in [6.07, 6.45) is 2.20. The molecular formula is C20H20FN3O3S2. The SMILES string of the molecule is CS(=O)(=O)N1C[C@H]2C[C@@H]1CN2Cc1ccc(Oc2nc3ccc(F)cc3s2)cc1. The van der Waals surface area contributed by atoms with Gasteiger partial charge in [-0.25, -0.2) is 17.8 Å². The average Bonchev–Trinajstić information content (AvgIpc) is 3.36. The minimum atomic E-state index is -3.11. The van der Waals surface area contributed by atoms with Crippen molar-refractivity contribution in [1.82, 2.24) is 14.2 Å². The molecule has 0 radical (unpaired) electrons. The van der Waals surface area contributed by atoms with Gasteiger partial charge in [-0.3, -0.25) is 4.90 Å². The van der Waals surface area contributed by atoms with Crippen molar-refractivity contribution in [3.8, 4) is 10.9 Å². The van der Waals surface area contributed by atoms with Crippen LogP contribution in [0.1, 0.15) is 12.0 Å². The Morgan fingerprint density at radius 1 is 1.17 bits per heavy atom. The van der Waals surface area contributed by atoms with Crippen LogP contribution in [0.15, 0.2) is 42.5 Å². The van der Waals surface area contributed by atoms with Crippen molar-refractivity contribution in [2.45, 2.75) is 25.0 Å².